The number of hydrogen-bond donors (Lipinski definition) is 2. The Morgan fingerprint density at radius 1 is 1.43 bits per heavy atom. The number of fused-ring (bicyclic) bond motifs is 2. The number of hydrogen-bond acceptors (Lipinski definition) is 12. The summed E-state index contributed by atoms with van der Waals surface area (Å²) in [4.78, 5) is 52.7. The predicted molar refractivity (Wildman–Crippen MR) is 136 cm³/mol. The van der Waals surface area contributed by atoms with E-state index in [4.69, 9.17) is 10.6 Å². The largest absolute Gasteiger partial charge is 0.543 e. The van der Waals surface area contributed by atoms with Gasteiger partial charge in [-0.1, -0.05) is 17.8 Å². The third-order valence-corrected chi connectivity index (χ3v) is 8.38. The lowest BCUT2D eigenvalue weighted by molar-refractivity contribution is -0.687. The molecule has 15 heteroatoms. The van der Waals surface area contributed by atoms with Crippen LogP contribution >= 0.6 is 34.4 Å². The molecule has 2 atom stereocenters. The minimum Gasteiger partial charge on any atom is -0.543 e. The summed E-state index contributed by atoms with van der Waals surface area (Å²) in [6, 6.07) is 0.937. The van der Waals surface area contributed by atoms with E-state index in [-0.39, 0.29) is 35.4 Å². The number of nitrogens with two attached hydrogens (primary N) is 1. The number of amides is 2. The summed E-state index contributed by atoms with van der Waals surface area (Å²) in [5.41, 5.74) is 8.59. The predicted octanol–water partition coefficient (Wildman–Crippen LogP) is -0.367. The van der Waals surface area contributed by atoms with Gasteiger partial charge in [-0.3, -0.25) is 14.5 Å². The average Bonchev–Trinajstić information content (AvgIpc) is 3.53. The maximum absolute atomic E-state index is 13.0. The highest BCUT2D eigenvalue weighted by atomic mass is 32.2. The maximum atomic E-state index is 13.0. The molecule has 2 amide bonds. The quantitative estimate of drug-likeness (QED) is 0.0891. The van der Waals surface area contributed by atoms with Gasteiger partial charge in [0.1, 0.15) is 29.2 Å². The highest BCUT2D eigenvalue weighted by molar-refractivity contribution is 8.00. The Morgan fingerprint density at radius 2 is 2.27 bits per heavy atom. The van der Waals surface area contributed by atoms with Crippen molar-refractivity contribution in [1.82, 2.24) is 20.2 Å². The van der Waals surface area contributed by atoms with Crippen molar-refractivity contribution in [3.8, 4) is 0 Å². The third kappa shape index (κ3) is 4.80. The van der Waals surface area contributed by atoms with E-state index in [0.29, 0.717) is 11.3 Å². The first kappa shape index (κ1) is 24.9. The first-order chi connectivity index (χ1) is 17.9. The number of carboxylic acids is 1. The number of carbonyl (C=O) groups is 3. The lowest BCUT2D eigenvalue weighted by Gasteiger charge is -2.50. The van der Waals surface area contributed by atoms with Gasteiger partial charge in [0.05, 0.1) is 21.9 Å². The number of carbonyl (C=O) groups excluding carboxylic acids is 3. The van der Waals surface area contributed by atoms with Crippen LogP contribution in [0.5, 0.6) is 0 Å². The molecular formula is C22H19N7O5S3. The molecule has 0 radical (unpaired) electrons. The number of aromatic nitrogens is 3. The fourth-order valence-electron chi connectivity index (χ4n) is 3.93. The molecule has 1 unspecified atom stereocenters. The average molecular weight is 558 g/mol. The third-order valence-electron chi connectivity index (χ3n) is 5.56. The smallest absolute Gasteiger partial charge is 0.276 e. The van der Waals surface area contributed by atoms with E-state index in [9.17, 15) is 19.5 Å². The molecule has 0 aliphatic carbocycles. The van der Waals surface area contributed by atoms with Crippen molar-refractivity contribution in [3.05, 3.63) is 59.0 Å². The molecule has 37 heavy (non-hydrogen) atoms. The van der Waals surface area contributed by atoms with E-state index in [1.807, 2.05) is 23.0 Å². The fourth-order valence-corrected chi connectivity index (χ4v) is 6.45. The number of aliphatic carboxylic acids is 1. The van der Waals surface area contributed by atoms with E-state index in [2.05, 4.69) is 27.0 Å². The number of rotatable bonds is 9. The van der Waals surface area contributed by atoms with Crippen LogP contribution in [0.4, 0.5) is 5.13 Å². The Balaban J connectivity index is 1.35. The van der Waals surface area contributed by atoms with Crippen molar-refractivity contribution in [3.63, 3.8) is 0 Å². The molecule has 190 valence electrons. The second-order valence-corrected chi connectivity index (χ2v) is 10.8. The van der Waals surface area contributed by atoms with Crippen LogP contribution in [-0.4, -0.2) is 62.1 Å². The summed E-state index contributed by atoms with van der Waals surface area (Å²) in [5, 5.41) is 19.7. The van der Waals surface area contributed by atoms with E-state index in [1.54, 1.807) is 10.9 Å². The number of oxime groups is 1. The molecule has 2 aliphatic heterocycles. The Hall–Kier alpha value is -3.82. The molecule has 1 fully saturated rings. The van der Waals surface area contributed by atoms with E-state index < -0.39 is 29.2 Å². The molecule has 5 rings (SSSR count). The number of nitrogens with one attached hydrogen (secondary N) is 1. The maximum Gasteiger partial charge on any atom is 0.276 e. The zero-order valence-corrected chi connectivity index (χ0v) is 21.5. The fraction of sp³-hybridized carbons (Fsp3) is 0.227. The summed E-state index contributed by atoms with van der Waals surface area (Å²) in [6.45, 7) is 3.83. The molecule has 1 saturated heterocycles. The molecule has 0 bridgehead atoms. The highest BCUT2D eigenvalue weighted by Gasteiger charge is 2.53. The van der Waals surface area contributed by atoms with Crippen LogP contribution in [0.15, 0.2) is 58.4 Å². The molecular weight excluding hydrogens is 538 g/mol. The van der Waals surface area contributed by atoms with Gasteiger partial charge in [0.25, 0.3) is 11.8 Å². The highest BCUT2D eigenvalue weighted by Crippen LogP contribution is 2.40. The summed E-state index contributed by atoms with van der Waals surface area (Å²) >= 11 is 3.98. The van der Waals surface area contributed by atoms with Gasteiger partial charge in [-0.15, -0.1) is 34.4 Å². The van der Waals surface area contributed by atoms with E-state index >= 15 is 0 Å². The van der Waals surface area contributed by atoms with Crippen molar-refractivity contribution in [2.45, 2.75) is 18.0 Å². The summed E-state index contributed by atoms with van der Waals surface area (Å²) < 4.78 is 2.83. The van der Waals surface area contributed by atoms with Crippen LogP contribution in [-0.2, 0) is 25.8 Å². The number of thiazole rings is 2. The first-order valence-electron chi connectivity index (χ1n) is 10.8. The van der Waals surface area contributed by atoms with Gasteiger partial charge in [-0.05, 0) is 0 Å². The second kappa shape index (κ2) is 10.3. The summed E-state index contributed by atoms with van der Waals surface area (Å²) in [7, 11) is 0. The van der Waals surface area contributed by atoms with Gasteiger partial charge < -0.3 is 25.8 Å². The normalized spacial score (nSPS) is 19.4. The Morgan fingerprint density at radius 3 is 3.00 bits per heavy atom. The zero-order valence-electron chi connectivity index (χ0n) is 19.0. The van der Waals surface area contributed by atoms with Crippen LogP contribution in [0.2, 0.25) is 0 Å². The first-order valence-corrected chi connectivity index (χ1v) is 13.6. The Kier molecular flexibility index (Phi) is 6.90. The molecule has 3 N–H and O–H groups in total. The van der Waals surface area contributed by atoms with Gasteiger partial charge in [0, 0.05) is 22.8 Å². The molecule has 0 aromatic carbocycles. The standard InChI is InChI=1S/C22H19N7O5S3/c1-2-5-34-27-15(13-9-36-22(23)25-13)18(30)26-16-19(31)29-17(21(32)33)11(8-35-20(16)29)6-28-4-3-14-12(7-28)24-10-37-14/h2-4,7,9-10,16,20H,1,5-6,8H2,(H3-,23,25,26,30,32,33)/b27-15-/t16?,20-/m0/s1. The second-order valence-electron chi connectivity index (χ2n) is 7.91. The molecule has 3 aromatic heterocycles. The van der Waals surface area contributed by atoms with Crippen LogP contribution in [0.3, 0.4) is 0 Å². The molecule has 0 saturated carbocycles. The number of pyridine rings is 1. The number of nitrogen functional groups attached to an aromatic ring is 1. The van der Waals surface area contributed by atoms with Gasteiger partial charge in [0.15, 0.2) is 29.8 Å². The van der Waals surface area contributed by atoms with Crippen molar-refractivity contribution < 1.29 is 28.9 Å². The van der Waals surface area contributed by atoms with E-state index in [1.165, 1.54) is 29.2 Å². The van der Waals surface area contributed by atoms with Crippen LogP contribution in [0.1, 0.15) is 5.69 Å². The van der Waals surface area contributed by atoms with Gasteiger partial charge >= 0.3 is 0 Å². The summed E-state index contributed by atoms with van der Waals surface area (Å²) in [5.74, 6) is -2.39. The number of β-lactam (4-membered cyclic amide) rings is 1. The van der Waals surface area contributed by atoms with Crippen LogP contribution in [0, 0.1) is 0 Å². The van der Waals surface area contributed by atoms with Crippen molar-refractivity contribution in [2.24, 2.45) is 5.16 Å². The van der Waals surface area contributed by atoms with Crippen LogP contribution in [0.25, 0.3) is 10.2 Å². The van der Waals surface area contributed by atoms with Crippen molar-refractivity contribution >= 4 is 73.3 Å². The molecule has 12 nitrogen and oxygen atoms in total. The number of nitrogens with zero attached hydrogens (tertiary/aromatic N) is 5. The summed E-state index contributed by atoms with van der Waals surface area (Å²) in [6.07, 6.45) is 5.11. The van der Waals surface area contributed by atoms with Gasteiger partial charge in [0.2, 0.25) is 0 Å². The van der Waals surface area contributed by atoms with Gasteiger partial charge in [-0.2, -0.15) is 4.57 Å². The monoisotopic (exact) mass is 557 g/mol. The van der Waals surface area contributed by atoms with E-state index in [0.717, 1.165) is 26.5 Å². The topological polar surface area (TPSA) is 167 Å². The number of thioether (sulfide) groups is 1. The molecule has 2 aliphatic rings. The van der Waals surface area contributed by atoms with Gasteiger partial charge in [-0.25, -0.2) is 9.97 Å². The lowest BCUT2D eigenvalue weighted by atomic mass is 10.0. The van der Waals surface area contributed by atoms with Crippen molar-refractivity contribution in [2.75, 3.05) is 18.1 Å². The molecule has 5 heterocycles. The zero-order chi connectivity index (χ0) is 26.1. The Bertz CT molecular complexity index is 1480. The minimum atomic E-state index is -1.45. The van der Waals surface area contributed by atoms with Crippen LogP contribution < -0.4 is 20.7 Å². The Labute approximate surface area is 222 Å². The number of anilines is 1. The number of carboxylic acid groups (broad SMARTS) is 1. The molecule has 3 aromatic rings. The SMILES string of the molecule is C=CCO/N=C(\C(=O)NC1C(=O)N2C(C(=O)[O-])=C(C[n+]3ccc4scnc4c3)CS[C@@H]12)c1csc(N)n1. The molecule has 0 spiro atoms. The lowest BCUT2D eigenvalue weighted by Crippen LogP contribution is -2.71. The van der Waals surface area contributed by atoms with Crippen molar-refractivity contribution in [1.29, 1.82) is 0 Å². The minimum absolute atomic E-state index is 0.0565.